The number of hydrogen-bond donors (Lipinski definition) is 0. The van der Waals surface area contributed by atoms with Crippen LogP contribution >= 0.6 is 22.6 Å². The molecule has 1 aromatic rings. The molecule has 0 amide bonds. The van der Waals surface area contributed by atoms with Gasteiger partial charge in [0.1, 0.15) is 17.4 Å². The fourth-order valence-corrected chi connectivity index (χ4v) is 1.93. The molecular formula is C11H10INO3. The summed E-state index contributed by atoms with van der Waals surface area (Å²) >= 11 is 2.04. The van der Waals surface area contributed by atoms with Crippen molar-refractivity contribution in [1.82, 2.24) is 0 Å². The molecule has 0 aromatic heterocycles. The summed E-state index contributed by atoms with van der Waals surface area (Å²) in [4.78, 5) is 11.7. The molecule has 0 spiro atoms. The topological polar surface area (TPSA) is 59.3 Å². The van der Waals surface area contributed by atoms with E-state index >= 15 is 0 Å². The molecular weight excluding hydrogens is 321 g/mol. The standard InChI is InChI=1S/C11H10INO3/c1-3-16-11(14)9-7(6-13)4-5-8(12)10(9)15-2/h4-5H,3H2,1-2H3. The number of halogens is 1. The van der Waals surface area contributed by atoms with E-state index < -0.39 is 5.97 Å². The van der Waals surface area contributed by atoms with Crippen molar-refractivity contribution < 1.29 is 14.3 Å². The first-order valence-electron chi connectivity index (χ1n) is 4.59. The molecule has 1 rings (SSSR count). The predicted molar refractivity (Wildman–Crippen MR) is 66.4 cm³/mol. The van der Waals surface area contributed by atoms with Gasteiger partial charge in [-0.25, -0.2) is 4.79 Å². The molecule has 0 aliphatic heterocycles. The quantitative estimate of drug-likeness (QED) is 0.630. The highest BCUT2D eigenvalue weighted by atomic mass is 127. The third-order valence-corrected chi connectivity index (χ3v) is 2.76. The molecule has 0 atom stereocenters. The largest absolute Gasteiger partial charge is 0.495 e. The zero-order chi connectivity index (χ0) is 12.1. The normalized spacial score (nSPS) is 9.38. The summed E-state index contributed by atoms with van der Waals surface area (Å²) in [6.07, 6.45) is 0. The Bertz CT molecular complexity index is 451. The number of esters is 1. The summed E-state index contributed by atoms with van der Waals surface area (Å²) in [6.45, 7) is 1.97. The van der Waals surface area contributed by atoms with E-state index in [0.717, 1.165) is 3.57 Å². The van der Waals surface area contributed by atoms with Gasteiger partial charge in [-0.2, -0.15) is 5.26 Å². The second-order valence-electron chi connectivity index (χ2n) is 2.84. The monoisotopic (exact) mass is 331 g/mol. The number of carbonyl (C=O) groups excluding carboxylic acids is 1. The van der Waals surface area contributed by atoms with Crippen LogP contribution in [0.4, 0.5) is 0 Å². The number of carbonyl (C=O) groups is 1. The van der Waals surface area contributed by atoms with Crippen LogP contribution in [0, 0.1) is 14.9 Å². The fraction of sp³-hybridized carbons (Fsp3) is 0.273. The van der Waals surface area contributed by atoms with Crippen molar-refractivity contribution in [2.24, 2.45) is 0 Å². The van der Waals surface area contributed by atoms with Gasteiger partial charge in [0.25, 0.3) is 0 Å². The molecule has 0 N–H and O–H groups in total. The summed E-state index contributed by atoms with van der Waals surface area (Å²) in [5, 5.41) is 8.93. The van der Waals surface area contributed by atoms with E-state index in [0.29, 0.717) is 5.75 Å². The number of nitrogens with zero attached hydrogens (tertiary/aromatic N) is 1. The highest BCUT2D eigenvalue weighted by molar-refractivity contribution is 14.1. The van der Waals surface area contributed by atoms with Gasteiger partial charge in [0.2, 0.25) is 0 Å². The van der Waals surface area contributed by atoms with Crippen molar-refractivity contribution in [2.75, 3.05) is 13.7 Å². The van der Waals surface area contributed by atoms with Gasteiger partial charge >= 0.3 is 5.97 Å². The van der Waals surface area contributed by atoms with Crippen molar-refractivity contribution in [2.45, 2.75) is 6.92 Å². The lowest BCUT2D eigenvalue weighted by Gasteiger charge is -2.10. The molecule has 0 saturated heterocycles. The van der Waals surface area contributed by atoms with Crippen LogP contribution in [0.3, 0.4) is 0 Å². The van der Waals surface area contributed by atoms with Crippen molar-refractivity contribution in [3.63, 3.8) is 0 Å². The predicted octanol–water partition coefficient (Wildman–Crippen LogP) is 2.35. The van der Waals surface area contributed by atoms with Gasteiger partial charge < -0.3 is 9.47 Å². The van der Waals surface area contributed by atoms with Gasteiger partial charge in [0.15, 0.2) is 0 Å². The van der Waals surface area contributed by atoms with E-state index in [2.05, 4.69) is 0 Å². The zero-order valence-corrected chi connectivity index (χ0v) is 11.1. The van der Waals surface area contributed by atoms with Gasteiger partial charge in [-0.1, -0.05) is 0 Å². The first-order valence-corrected chi connectivity index (χ1v) is 5.67. The highest BCUT2D eigenvalue weighted by Crippen LogP contribution is 2.28. The van der Waals surface area contributed by atoms with Gasteiger partial charge in [0.05, 0.1) is 22.9 Å². The van der Waals surface area contributed by atoms with Crippen molar-refractivity contribution in [1.29, 1.82) is 5.26 Å². The van der Waals surface area contributed by atoms with Crippen LogP contribution in [0.5, 0.6) is 5.75 Å². The second kappa shape index (κ2) is 5.70. The minimum absolute atomic E-state index is 0.193. The third kappa shape index (κ3) is 2.44. The van der Waals surface area contributed by atoms with Gasteiger partial charge in [-0.15, -0.1) is 0 Å². The minimum atomic E-state index is -0.533. The Hall–Kier alpha value is -1.29. The van der Waals surface area contributed by atoms with Crippen molar-refractivity contribution >= 4 is 28.6 Å². The van der Waals surface area contributed by atoms with E-state index in [1.165, 1.54) is 7.11 Å². The maximum absolute atomic E-state index is 11.7. The molecule has 0 unspecified atom stereocenters. The molecule has 0 radical (unpaired) electrons. The van der Waals surface area contributed by atoms with Gasteiger partial charge in [-0.3, -0.25) is 0 Å². The highest BCUT2D eigenvalue weighted by Gasteiger charge is 2.20. The summed E-state index contributed by atoms with van der Waals surface area (Å²) in [6, 6.07) is 5.26. The zero-order valence-electron chi connectivity index (χ0n) is 8.91. The van der Waals surface area contributed by atoms with Crippen LogP contribution in [0.1, 0.15) is 22.8 Å². The van der Waals surface area contributed by atoms with Crippen LogP contribution in [-0.2, 0) is 4.74 Å². The summed E-state index contributed by atoms with van der Waals surface area (Å²) in [7, 11) is 1.46. The Labute approximate surface area is 107 Å². The Morgan fingerprint density at radius 2 is 2.25 bits per heavy atom. The van der Waals surface area contributed by atoms with E-state index in [1.807, 2.05) is 28.7 Å². The average molecular weight is 331 g/mol. The molecule has 5 heteroatoms. The summed E-state index contributed by atoms with van der Waals surface area (Å²) in [5.74, 6) is -0.146. The van der Waals surface area contributed by atoms with Crippen molar-refractivity contribution in [3.05, 3.63) is 26.8 Å². The number of ether oxygens (including phenoxy) is 2. The molecule has 0 saturated carbocycles. The third-order valence-electron chi connectivity index (χ3n) is 1.91. The molecule has 0 fully saturated rings. The molecule has 4 nitrogen and oxygen atoms in total. The molecule has 16 heavy (non-hydrogen) atoms. The number of benzene rings is 1. The number of methoxy groups -OCH3 is 1. The van der Waals surface area contributed by atoms with E-state index in [1.54, 1.807) is 19.1 Å². The maximum atomic E-state index is 11.7. The average Bonchev–Trinajstić information content (AvgIpc) is 2.28. The van der Waals surface area contributed by atoms with Crippen LogP contribution in [0.25, 0.3) is 0 Å². The lowest BCUT2D eigenvalue weighted by molar-refractivity contribution is 0.0522. The molecule has 0 aliphatic rings. The fourth-order valence-electron chi connectivity index (χ4n) is 1.26. The van der Waals surface area contributed by atoms with Crippen LogP contribution in [-0.4, -0.2) is 19.7 Å². The van der Waals surface area contributed by atoms with E-state index in [4.69, 9.17) is 14.7 Å². The smallest absolute Gasteiger partial charge is 0.343 e. The van der Waals surface area contributed by atoms with E-state index in [9.17, 15) is 4.79 Å². The molecule has 1 aromatic carbocycles. The van der Waals surface area contributed by atoms with Crippen LogP contribution in [0.15, 0.2) is 12.1 Å². The number of hydrogen-bond acceptors (Lipinski definition) is 4. The van der Waals surface area contributed by atoms with Crippen LogP contribution in [0.2, 0.25) is 0 Å². The molecule has 0 heterocycles. The molecule has 0 aliphatic carbocycles. The molecule has 84 valence electrons. The number of rotatable bonds is 3. The van der Waals surface area contributed by atoms with Crippen LogP contribution < -0.4 is 4.74 Å². The minimum Gasteiger partial charge on any atom is -0.495 e. The van der Waals surface area contributed by atoms with Gasteiger partial charge in [-0.05, 0) is 41.6 Å². The van der Waals surface area contributed by atoms with E-state index in [-0.39, 0.29) is 17.7 Å². The second-order valence-corrected chi connectivity index (χ2v) is 4.00. The Kier molecular flexibility index (Phi) is 4.55. The Morgan fingerprint density at radius 3 is 2.75 bits per heavy atom. The Morgan fingerprint density at radius 1 is 1.56 bits per heavy atom. The lowest BCUT2D eigenvalue weighted by Crippen LogP contribution is -2.10. The first kappa shape index (κ1) is 12.8. The maximum Gasteiger partial charge on any atom is 0.343 e. The summed E-state index contributed by atoms with van der Waals surface area (Å²) < 4.78 is 10.8. The van der Waals surface area contributed by atoms with Gasteiger partial charge in [0, 0.05) is 0 Å². The summed E-state index contributed by atoms with van der Waals surface area (Å²) in [5.41, 5.74) is 0.453. The Balaban J connectivity index is 3.37. The molecule has 0 bridgehead atoms. The SMILES string of the molecule is CCOC(=O)c1c(C#N)ccc(I)c1OC. The number of nitriles is 1. The first-order chi connectivity index (χ1) is 7.65. The van der Waals surface area contributed by atoms with Crippen molar-refractivity contribution in [3.8, 4) is 11.8 Å². The lowest BCUT2D eigenvalue weighted by atomic mass is 10.1.